The van der Waals surface area contributed by atoms with E-state index in [1.54, 1.807) is 0 Å². The van der Waals surface area contributed by atoms with Crippen molar-refractivity contribution in [1.82, 2.24) is 0 Å². The van der Waals surface area contributed by atoms with E-state index in [0.717, 1.165) is 25.7 Å². The molecule has 1 heterocycles. The maximum Gasteiger partial charge on any atom is 0.303 e. The summed E-state index contributed by atoms with van der Waals surface area (Å²) in [7, 11) is 0. The van der Waals surface area contributed by atoms with Crippen molar-refractivity contribution in [1.29, 1.82) is 0 Å². The number of Topliss-reactive ketones (excluding diaryl/α,β-unsaturated/α-hetero) is 1. The van der Waals surface area contributed by atoms with E-state index in [-0.39, 0.29) is 58.5 Å². The summed E-state index contributed by atoms with van der Waals surface area (Å²) in [5, 5.41) is 10.9. The van der Waals surface area contributed by atoms with Gasteiger partial charge in [0.1, 0.15) is 18.0 Å². The van der Waals surface area contributed by atoms with Gasteiger partial charge in [-0.1, -0.05) is 27.7 Å². The molecule has 8 nitrogen and oxygen atoms in total. The quantitative estimate of drug-likeness (QED) is 0.376. The van der Waals surface area contributed by atoms with Crippen LogP contribution in [0.15, 0.2) is 0 Å². The molecule has 0 unspecified atom stereocenters. The van der Waals surface area contributed by atoms with Crippen molar-refractivity contribution in [3.63, 3.8) is 0 Å². The average molecular weight is 605 g/mol. The molecule has 13 atom stereocenters. The van der Waals surface area contributed by atoms with Crippen LogP contribution in [-0.2, 0) is 33.3 Å². The summed E-state index contributed by atoms with van der Waals surface area (Å²) in [6.07, 6.45) is 4.40. The second-order valence-corrected chi connectivity index (χ2v) is 16.4. The highest BCUT2D eigenvalue weighted by Gasteiger charge is 2.65. The van der Waals surface area contributed by atoms with E-state index in [4.69, 9.17) is 18.9 Å². The molecule has 0 amide bonds. The largest absolute Gasteiger partial charge is 0.459 e. The number of rotatable bonds is 6. The van der Waals surface area contributed by atoms with E-state index >= 15 is 0 Å². The monoisotopic (exact) mass is 604 g/mol. The van der Waals surface area contributed by atoms with E-state index in [0.29, 0.717) is 37.0 Å². The van der Waals surface area contributed by atoms with Crippen LogP contribution in [-0.4, -0.2) is 58.6 Å². The average Bonchev–Trinajstić information content (AvgIpc) is 3.39. The highest BCUT2D eigenvalue weighted by molar-refractivity contribution is 5.83. The van der Waals surface area contributed by atoms with Gasteiger partial charge in [0.2, 0.25) is 0 Å². The van der Waals surface area contributed by atoms with Crippen molar-refractivity contribution < 1.29 is 38.4 Å². The van der Waals surface area contributed by atoms with Crippen LogP contribution in [0, 0.1) is 52.3 Å². The molecule has 5 aliphatic rings. The van der Waals surface area contributed by atoms with Crippen LogP contribution in [0.2, 0.25) is 0 Å². The van der Waals surface area contributed by atoms with Gasteiger partial charge < -0.3 is 24.1 Å². The number of carbonyl (C=O) groups excluding carboxylic acids is 3. The van der Waals surface area contributed by atoms with Crippen molar-refractivity contribution in [2.45, 2.75) is 150 Å². The molecule has 5 rings (SSSR count). The van der Waals surface area contributed by atoms with Gasteiger partial charge in [0.15, 0.2) is 5.79 Å². The summed E-state index contributed by atoms with van der Waals surface area (Å²) in [6.45, 7) is 19.5. The molecule has 0 bridgehead atoms. The Balaban J connectivity index is 1.39. The van der Waals surface area contributed by atoms with Gasteiger partial charge in [-0.15, -0.1) is 0 Å². The molecule has 1 saturated heterocycles. The fourth-order valence-corrected chi connectivity index (χ4v) is 10.8. The van der Waals surface area contributed by atoms with Gasteiger partial charge in [0.25, 0.3) is 0 Å². The number of aliphatic hydroxyl groups is 1. The third kappa shape index (κ3) is 5.71. The smallest absolute Gasteiger partial charge is 0.303 e. The van der Waals surface area contributed by atoms with Crippen molar-refractivity contribution >= 4 is 17.7 Å². The van der Waals surface area contributed by atoms with E-state index in [1.165, 1.54) is 13.8 Å². The minimum Gasteiger partial charge on any atom is -0.459 e. The zero-order valence-electron chi connectivity index (χ0n) is 28.1. The van der Waals surface area contributed by atoms with E-state index in [1.807, 2.05) is 27.7 Å². The molecule has 1 aliphatic heterocycles. The Labute approximate surface area is 258 Å². The fraction of sp³-hybridized carbons (Fsp3) is 0.914. The van der Waals surface area contributed by atoms with Crippen LogP contribution < -0.4 is 0 Å². The molecular weight excluding hydrogens is 548 g/mol. The molecule has 0 aromatic heterocycles. The molecule has 0 radical (unpaired) electrons. The van der Waals surface area contributed by atoms with Gasteiger partial charge in [-0.3, -0.25) is 14.4 Å². The third-order valence-electron chi connectivity index (χ3n) is 13.1. The SMILES string of the molecule is CC(=O)O[C@H]1C[C@@H]2C(=O)C[C@@H]3[C@H](CC[C@]4(C)[C@@H]([C@H](C)[C@H]5OC(C)(C)O[C@@H]5[C@H](C)C(C)(C)O)CC[C@@H]34)[C@@]2(C)C[C@H]1OC(C)=O. The van der Waals surface area contributed by atoms with Crippen LogP contribution in [0.3, 0.4) is 0 Å². The van der Waals surface area contributed by atoms with Gasteiger partial charge >= 0.3 is 11.9 Å². The number of ketones is 1. The summed E-state index contributed by atoms with van der Waals surface area (Å²) in [6, 6.07) is 0. The predicted molar refractivity (Wildman–Crippen MR) is 161 cm³/mol. The van der Waals surface area contributed by atoms with Crippen LogP contribution in [0.25, 0.3) is 0 Å². The summed E-state index contributed by atoms with van der Waals surface area (Å²) in [5.74, 6) is 0.213. The minimum atomic E-state index is -0.889. The first-order valence-corrected chi connectivity index (χ1v) is 16.7. The Morgan fingerprint density at radius 1 is 0.907 bits per heavy atom. The molecular formula is C35H56O8. The molecule has 0 aromatic carbocycles. The normalized spacial score (nSPS) is 45.4. The minimum absolute atomic E-state index is 0.0763. The first-order chi connectivity index (χ1) is 19.8. The highest BCUT2D eigenvalue weighted by atomic mass is 16.8. The molecule has 4 aliphatic carbocycles. The number of carbonyl (C=O) groups is 3. The van der Waals surface area contributed by atoms with Gasteiger partial charge in [-0.25, -0.2) is 0 Å². The van der Waals surface area contributed by atoms with Crippen LogP contribution in [0.5, 0.6) is 0 Å². The maximum atomic E-state index is 13.9. The Morgan fingerprint density at radius 2 is 1.49 bits per heavy atom. The molecule has 43 heavy (non-hydrogen) atoms. The lowest BCUT2D eigenvalue weighted by Crippen LogP contribution is -2.60. The topological polar surface area (TPSA) is 108 Å². The molecule has 0 aromatic rings. The summed E-state index contributed by atoms with van der Waals surface area (Å²) >= 11 is 0. The van der Waals surface area contributed by atoms with Crippen molar-refractivity contribution in [2.24, 2.45) is 52.3 Å². The zero-order valence-corrected chi connectivity index (χ0v) is 28.1. The molecule has 5 fully saturated rings. The molecule has 4 saturated carbocycles. The Hall–Kier alpha value is -1.51. The van der Waals surface area contributed by atoms with Crippen LogP contribution in [0.1, 0.15) is 114 Å². The molecule has 244 valence electrons. The number of hydrogen-bond donors (Lipinski definition) is 1. The zero-order chi connectivity index (χ0) is 31.9. The molecule has 8 heteroatoms. The second-order valence-electron chi connectivity index (χ2n) is 16.4. The summed E-state index contributed by atoms with van der Waals surface area (Å²) < 4.78 is 24.4. The van der Waals surface area contributed by atoms with E-state index in [9.17, 15) is 19.5 Å². The van der Waals surface area contributed by atoms with Gasteiger partial charge in [-0.2, -0.15) is 0 Å². The van der Waals surface area contributed by atoms with Crippen LogP contribution >= 0.6 is 0 Å². The number of hydrogen-bond acceptors (Lipinski definition) is 8. The number of fused-ring (bicyclic) bond motifs is 5. The highest BCUT2D eigenvalue weighted by Crippen LogP contribution is 2.68. The van der Waals surface area contributed by atoms with E-state index in [2.05, 4.69) is 27.7 Å². The number of esters is 2. The second kappa shape index (κ2) is 11.1. The summed E-state index contributed by atoms with van der Waals surface area (Å²) in [4.78, 5) is 37.9. The maximum absolute atomic E-state index is 13.9. The van der Waals surface area contributed by atoms with Crippen molar-refractivity contribution in [2.75, 3.05) is 0 Å². The lowest BCUT2D eigenvalue weighted by molar-refractivity contribution is -0.196. The lowest BCUT2D eigenvalue weighted by Gasteiger charge is -2.61. The van der Waals surface area contributed by atoms with Crippen molar-refractivity contribution in [3.05, 3.63) is 0 Å². The summed E-state index contributed by atoms with van der Waals surface area (Å²) in [5.41, 5.74) is -1.12. The van der Waals surface area contributed by atoms with E-state index < -0.39 is 29.6 Å². The lowest BCUT2D eigenvalue weighted by atomic mass is 9.43. The van der Waals surface area contributed by atoms with Gasteiger partial charge in [0.05, 0.1) is 17.8 Å². The van der Waals surface area contributed by atoms with Crippen molar-refractivity contribution in [3.8, 4) is 0 Å². The molecule has 0 spiro atoms. The Bertz CT molecular complexity index is 1110. The first-order valence-electron chi connectivity index (χ1n) is 16.7. The fourth-order valence-electron chi connectivity index (χ4n) is 10.8. The van der Waals surface area contributed by atoms with Crippen LogP contribution in [0.4, 0.5) is 0 Å². The van der Waals surface area contributed by atoms with Gasteiger partial charge in [-0.05, 0) is 107 Å². The Kier molecular flexibility index (Phi) is 8.47. The predicted octanol–water partition coefficient (Wildman–Crippen LogP) is 5.86. The Morgan fingerprint density at radius 3 is 2.09 bits per heavy atom. The van der Waals surface area contributed by atoms with Gasteiger partial charge in [0, 0.05) is 32.1 Å². The first kappa shape index (κ1) is 32.9. The third-order valence-corrected chi connectivity index (χ3v) is 13.1. The standard InChI is InChI=1S/C35H56O8/c1-18(30-31(19(2)32(5,6)39)43-33(7,8)42-30)23-11-12-24-22-15-27(38)26-16-28(40-20(3)36)29(41-21(4)37)17-35(26,10)25(22)13-14-34(23,24)9/h18-19,22-26,28-31,39H,11-17H2,1-10H3/t18-,19-,22-,23+,24-,25-,26+,28-,29+,30+,31+,34+,35+/m0/s1. The molecule has 1 N–H and O–H groups in total. The number of ether oxygens (including phenoxy) is 4.